The minimum atomic E-state index is -0.443. The third-order valence-electron chi connectivity index (χ3n) is 2.80. The van der Waals surface area contributed by atoms with Crippen LogP contribution in [0.25, 0.3) is 11.4 Å². The third kappa shape index (κ3) is 2.44. The van der Waals surface area contributed by atoms with Gasteiger partial charge < -0.3 is 4.98 Å². The summed E-state index contributed by atoms with van der Waals surface area (Å²) in [7, 11) is 0. The SMILES string of the molecule is CCc1[nH]c(-c2ccc(F)c(Cl)c2)nc(=S)c1C. The van der Waals surface area contributed by atoms with E-state index in [-0.39, 0.29) is 5.02 Å². The van der Waals surface area contributed by atoms with Crippen molar-refractivity contribution in [3.05, 3.63) is 44.9 Å². The van der Waals surface area contributed by atoms with Crippen molar-refractivity contribution in [1.82, 2.24) is 9.97 Å². The Morgan fingerprint density at radius 2 is 2.17 bits per heavy atom. The Morgan fingerprint density at radius 3 is 2.78 bits per heavy atom. The molecule has 0 aliphatic rings. The van der Waals surface area contributed by atoms with E-state index >= 15 is 0 Å². The largest absolute Gasteiger partial charge is 0.343 e. The minimum absolute atomic E-state index is 0.0761. The lowest BCUT2D eigenvalue weighted by atomic mass is 10.1. The first kappa shape index (κ1) is 13.2. The van der Waals surface area contributed by atoms with Gasteiger partial charge in [-0.2, -0.15) is 0 Å². The number of H-pyrrole nitrogens is 1. The van der Waals surface area contributed by atoms with E-state index in [4.69, 9.17) is 23.8 Å². The van der Waals surface area contributed by atoms with Crippen LogP contribution in [0.2, 0.25) is 5.02 Å². The van der Waals surface area contributed by atoms with Crippen molar-refractivity contribution < 1.29 is 4.39 Å². The molecular weight excluding hydrogens is 271 g/mol. The normalized spacial score (nSPS) is 10.7. The van der Waals surface area contributed by atoms with Crippen LogP contribution in [0.3, 0.4) is 0 Å². The Balaban J connectivity index is 2.60. The van der Waals surface area contributed by atoms with Gasteiger partial charge in [0.1, 0.15) is 16.3 Å². The molecule has 0 saturated heterocycles. The number of hydrogen-bond donors (Lipinski definition) is 1. The van der Waals surface area contributed by atoms with E-state index in [1.54, 1.807) is 12.1 Å². The topological polar surface area (TPSA) is 28.7 Å². The van der Waals surface area contributed by atoms with Crippen LogP contribution in [-0.4, -0.2) is 9.97 Å². The summed E-state index contributed by atoms with van der Waals surface area (Å²) < 4.78 is 13.7. The number of benzene rings is 1. The highest BCUT2D eigenvalue weighted by Crippen LogP contribution is 2.23. The number of aromatic amines is 1. The van der Waals surface area contributed by atoms with Crippen LogP contribution in [0.15, 0.2) is 18.2 Å². The van der Waals surface area contributed by atoms with Crippen LogP contribution in [0.5, 0.6) is 0 Å². The van der Waals surface area contributed by atoms with Gasteiger partial charge in [0.25, 0.3) is 0 Å². The summed E-state index contributed by atoms with van der Waals surface area (Å²) in [6.07, 6.45) is 0.833. The van der Waals surface area contributed by atoms with Gasteiger partial charge in [0.05, 0.1) is 5.02 Å². The Hall–Kier alpha value is -1.26. The Bertz CT molecular complexity index is 652. The molecule has 0 spiro atoms. The summed E-state index contributed by atoms with van der Waals surface area (Å²) in [4.78, 5) is 7.51. The second-order valence-corrected chi connectivity index (χ2v) is 4.77. The molecule has 0 radical (unpaired) electrons. The number of aromatic nitrogens is 2. The molecule has 0 saturated carbocycles. The maximum absolute atomic E-state index is 13.1. The van der Waals surface area contributed by atoms with Crippen molar-refractivity contribution in [1.29, 1.82) is 0 Å². The number of hydrogen-bond acceptors (Lipinski definition) is 2. The molecule has 5 heteroatoms. The molecule has 2 rings (SSSR count). The fraction of sp³-hybridized carbons (Fsp3) is 0.231. The maximum Gasteiger partial charge on any atom is 0.141 e. The summed E-state index contributed by atoms with van der Waals surface area (Å²) in [6.45, 7) is 3.97. The standard InChI is InChI=1S/C13H12ClFN2S/c1-3-11-7(2)13(18)17-12(16-11)8-4-5-10(15)9(14)6-8/h4-6H,3H2,1-2H3,(H,16,17,18). The first-order valence-electron chi connectivity index (χ1n) is 5.58. The summed E-state index contributed by atoms with van der Waals surface area (Å²) in [6, 6.07) is 4.49. The minimum Gasteiger partial charge on any atom is -0.343 e. The van der Waals surface area contributed by atoms with Gasteiger partial charge in [0.15, 0.2) is 0 Å². The molecule has 1 aromatic heterocycles. The molecule has 94 valence electrons. The summed E-state index contributed by atoms with van der Waals surface area (Å²) in [5.74, 6) is 0.172. The lowest BCUT2D eigenvalue weighted by molar-refractivity contribution is 0.628. The van der Waals surface area contributed by atoms with Crippen LogP contribution >= 0.6 is 23.8 Å². The fourth-order valence-corrected chi connectivity index (χ4v) is 2.11. The van der Waals surface area contributed by atoms with Crippen LogP contribution < -0.4 is 0 Å². The molecule has 1 aromatic carbocycles. The van der Waals surface area contributed by atoms with Gasteiger partial charge in [-0.25, -0.2) is 9.37 Å². The summed E-state index contributed by atoms with van der Waals surface area (Å²) in [5, 5.41) is 0.0761. The first-order valence-corrected chi connectivity index (χ1v) is 6.36. The van der Waals surface area contributed by atoms with Crippen LogP contribution in [0.1, 0.15) is 18.2 Å². The monoisotopic (exact) mass is 282 g/mol. The van der Waals surface area contributed by atoms with Crippen molar-refractivity contribution >= 4 is 23.8 Å². The Morgan fingerprint density at radius 1 is 1.44 bits per heavy atom. The van der Waals surface area contributed by atoms with Gasteiger partial charge >= 0.3 is 0 Å². The van der Waals surface area contributed by atoms with Crippen molar-refractivity contribution in [2.24, 2.45) is 0 Å². The second-order valence-electron chi connectivity index (χ2n) is 3.98. The van der Waals surface area contributed by atoms with E-state index in [9.17, 15) is 4.39 Å². The highest BCUT2D eigenvalue weighted by molar-refractivity contribution is 7.71. The first-order chi connectivity index (χ1) is 8.52. The third-order valence-corrected chi connectivity index (χ3v) is 3.49. The van der Waals surface area contributed by atoms with E-state index in [1.807, 2.05) is 13.8 Å². The van der Waals surface area contributed by atoms with E-state index in [0.717, 1.165) is 23.2 Å². The molecule has 18 heavy (non-hydrogen) atoms. The lowest BCUT2D eigenvalue weighted by Crippen LogP contribution is -1.99. The van der Waals surface area contributed by atoms with Gasteiger partial charge in [-0.3, -0.25) is 0 Å². The molecule has 0 aliphatic carbocycles. The average Bonchev–Trinajstić information content (AvgIpc) is 2.36. The van der Waals surface area contributed by atoms with Gasteiger partial charge in [-0.1, -0.05) is 30.7 Å². The number of rotatable bonds is 2. The quantitative estimate of drug-likeness (QED) is 0.823. The van der Waals surface area contributed by atoms with E-state index in [0.29, 0.717) is 10.5 Å². The molecule has 1 N–H and O–H groups in total. The zero-order chi connectivity index (χ0) is 13.3. The van der Waals surface area contributed by atoms with Gasteiger partial charge in [0.2, 0.25) is 0 Å². The number of halogens is 2. The van der Waals surface area contributed by atoms with Crippen molar-refractivity contribution in [3.8, 4) is 11.4 Å². The average molecular weight is 283 g/mol. The van der Waals surface area contributed by atoms with Gasteiger partial charge in [-0.15, -0.1) is 0 Å². The molecule has 2 aromatic rings. The zero-order valence-corrected chi connectivity index (χ0v) is 11.6. The van der Waals surface area contributed by atoms with Crippen LogP contribution in [0, 0.1) is 17.4 Å². The lowest BCUT2D eigenvalue weighted by Gasteiger charge is -2.08. The molecule has 0 bridgehead atoms. The predicted octanol–water partition coefficient (Wildman–Crippen LogP) is 4.47. The second kappa shape index (κ2) is 5.16. The van der Waals surface area contributed by atoms with E-state index in [2.05, 4.69) is 9.97 Å². The fourth-order valence-electron chi connectivity index (χ4n) is 1.71. The van der Waals surface area contributed by atoms with Gasteiger partial charge in [0, 0.05) is 16.8 Å². The Labute approximate surface area is 115 Å². The number of nitrogens with one attached hydrogen (secondary N) is 1. The summed E-state index contributed by atoms with van der Waals surface area (Å²) in [5.41, 5.74) is 2.73. The van der Waals surface area contributed by atoms with Crippen LogP contribution in [0.4, 0.5) is 4.39 Å². The highest BCUT2D eigenvalue weighted by atomic mass is 35.5. The number of nitrogens with zero attached hydrogens (tertiary/aromatic N) is 1. The predicted molar refractivity (Wildman–Crippen MR) is 73.9 cm³/mol. The van der Waals surface area contributed by atoms with Crippen molar-refractivity contribution in [2.45, 2.75) is 20.3 Å². The highest BCUT2D eigenvalue weighted by Gasteiger charge is 2.08. The molecule has 2 nitrogen and oxygen atoms in total. The smallest absolute Gasteiger partial charge is 0.141 e. The zero-order valence-electron chi connectivity index (χ0n) is 10.1. The van der Waals surface area contributed by atoms with Crippen molar-refractivity contribution in [2.75, 3.05) is 0 Å². The molecule has 0 fully saturated rings. The maximum atomic E-state index is 13.1. The molecule has 0 amide bonds. The van der Waals surface area contributed by atoms with E-state index in [1.165, 1.54) is 6.07 Å². The molecular formula is C13H12ClFN2S. The van der Waals surface area contributed by atoms with E-state index < -0.39 is 5.82 Å². The Kier molecular flexibility index (Phi) is 3.78. The molecule has 0 atom stereocenters. The molecule has 0 aliphatic heterocycles. The van der Waals surface area contributed by atoms with Crippen molar-refractivity contribution in [3.63, 3.8) is 0 Å². The molecule has 1 heterocycles. The summed E-state index contributed by atoms with van der Waals surface area (Å²) >= 11 is 11.0. The molecule has 0 unspecified atom stereocenters. The van der Waals surface area contributed by atoms with Crippen LogP contribution in [-0.2, 0) is 6.42 Å². The number of aryl methyl sites for hydroxylation is 1. The van der Waals surface area contributed by atoms with Gasteiger partial charge in [-0.05, 0) is 31.5 Å².